The highest BCUT2D eigenvalue weighted by molar-refractivity contribution is 9.10. The van der Waals surface area contributed by atoms with Gasteiger partial charge in [-0.15, -0.1) is 0 Å². The van der Waals surface area contributed by atoms with Crippen molar-refractivity contribution in [3.63, 3.8) is 0 Å². The lowest BCUT2D eigenvalue weighted by Gasteiger charge is -2.13. The Morgan fingerprint density at radius 1 is 1.69 bits per heavy atom. The fourth-order valence-electron chi connectivity index (χ4n) is 1.11. The lowest BCUT2D eigenvalue weighted by atomic mass is 10.3. The number of benzene rings is 1. The number of hydrogen-bond donors (Lipinski definition) is 2. The summed E-state index contributed by atoms with van der Waals surface area (Å²) in [5.41, 5.74) is 5.91. The number of ether oxygens (including phenoxy) is 1. The van der Waals surface area contributed by atoms with Crippen LogP contribution in [0.15, 0.2) is 22.7 Å². The summed E-state index contributed by atoms with van der Waals surface area (Å²) >= 11 is 9.22. The summed E-state index contributed by atoms with van der Waals surface area (Å²) < 4.78 is 5.75. The molecule has 0 bridgehead atoms. The van der Waals surface area contributed by atoms with Gasteiger partial charge >= 0.3 is 0 Å². The Morgan fingerprint density at radius 3 is 2.88 bits per heavy atom. The van der Waals surface area contributed by atoms with E-state index in [0.29, 0.717) is 10.7 Å². The summed E-state index contributed by atoms with van der Waals surface area (Å²) in [6.07, 6.45) is -0.667. The molecule has 6 heteroatoms. The molecule has 1 aromatic carbocycles. The van der Waals surface area contributed by atoms with Crippen LogP contribution >= 0.6 is 27.5 Å². The zero-order valence-electron chi connectivity index (χ0n) is 8.67. The molecule has 0 aromatic heterocycles. The molecule has 0 aliphatic carbocycles. The number of nitrogens with two attached hydrogens (primary N) is 1. The van der Waals surface area contributed by atoms with Gasteiger partial charge in [0.1, 0.15) is 6.10 Å². The lowest BCUT2D eigenvalue weighted by molar-refractivity contribution is -0.125. The topological polar surface area (TPSA) is 64.3 Å². The van der Waals surface area contributed by atoms with E-state index >= 15 is 0 Å². The van der Waals surface area contributed by atoms with Crippen LogP contribution in [0, 0.1) is 0 Å². The third-order valence-electron chi connectivity index (χ3n) is 1.98. The minimum absolute atomic E-state index is 0.122. The van der Waals surface area contributed by atoms with Crippen LogP contribution in [0.1, 0.15) is 0 Å². The van der Waals surface area contributed by atoms with E-state index in [1.54, 1.807) is 18.2 Å². The fourth-order valence-corrected chi connectivity index (χ4v) is 1.84. The Bertz CT molecular complexity index is 383. The first kappa shape index (κ1) is 13.4. The quantitative estimate of drug-likeness (QED) is 0.894. The van der Waals surface area contributed by atoms with Gasteiger partial charge in [-0.05, 0) is 18.2 Å². The van der Waals surface area contributed by atoms with Crippen molar-refractivity contribution in [1.29, 1.82) is 0 Å². The van der Waals surface area contributed by atoms with E-state index in [4.69, 9.17) is 22.1 Å². The molecular formula is C10H12BrClN2O2. The molecule has 88 valence electrons. The van der Waals surface area contributed by atoms with Gasteiger partial charge in [0.25, 0.3) is 5.91 Å². The minimum Gasteiger partial charge on any atom is -0.370 e. The molecule has 0 saturated heterocycles. The predicted octanol–water partition coefficient (Wildman–Crippen LogP) is 2.01. The SMILES string of the molecule is COC(CN)C(=O)Nc1ccc(Br)cc1Cl. The number of carbonyl (C=O) groups is 1. The summed E-state index contributed by atoms with van der Waals surface area (Å²) in [6, 6.07) is 5.18. The summed E-state index contributed by atoms with van der Waals surface area (Å²) in [4.78, 5) is 11.6. The van der Waals surface area contributed by atoms with E-state index in [1.807, 2.05) is 0 Å². The third-order valence-corrected chi connectivity index (χ3v) is 2.79. The molecule has 3 N–H and O–H groups in total. The van der Waals surface area contributed by atoms with Gasteiger partial charge in [-0.25, -0.2) is 0 Å². The Hall–Kier alpha value is -0.620. The van der Waals surface area contributed by atoms with Crippen molar-refractivity contribution >= 4 is 39.1 Å². The molecule has 0 saturated carbocycles. The molecule has 16 heavy (non-hydrogen) atoms. The van der Waals surface area contributed by atoms with E-state index < -0.39 is 6.10 Å². The molecule has 0 aliphatic rings. The number of halogens is 2. The number of rotatable bonds is 4. The monoisotopic (exact) mass is 306 g/mol. The highest BCUT2D eigenvalue weighted by Gasteiger charge is 2.16. The van der Waals surface area contributed by atoms with Crippen molar-refractivity contribution in [3.8, 4) is 0 Å². The van der Waals surface area contributed by atoms with Gasteiger partial charge in [-0.2, -0.15) is 0 Å². The second-order valence-corrected chi connectivity index (χ2v) is 4.40. The van der Waals surface area contributed by atoms with Crippen LogP contribution in [-0.2, 0) is 9.53 Å². The van der Waals surface area contributed by atoms with Gasteiger partial charge in [0.2, 0.25) is 0 Å². The van der Waals surface area contributed by atoms with Crippen LogP contribution < -0.4 is 11.1 Å². The van der Waals surface area contributed by atoms with Crippen molar-refractivity contribution in [2.24, 2.45) is 5.73 Å². The van der Waals surface area contributed by atoms with Crippen molar-refractivity contribution in [3.05, 3.63) is 27.7 Å². The van der Waals surface area contributed by atoms with Gasteiger partial charge in [-0.3, -0.25) is 4.79 Å². The van der Waals surface area contributed by atoms with Gasteiger partial charge < -0.3 is 15.8 Å². The highest BCUT2D eigenvalue weighted by atomic mass is 79.9. The third kappa shape index (κ3) is 3.45. The molecule has 0 aliphatic heterocycles. The first-order chi connectivity index (χ1) is 7.58. The van der Waals surface area contributed by atoms with E-state index in [1.165, 1.54) is 7.11 Å². The zero-order valence-corrected chi connectivity index (χ0v) is 11.0. The standard InChI is InChI=1S/C10H12BrClN2O2/c1-16-9(5-13)10(15)14-8-3-2-6(11)4-7(8)12/h2-4,9H,5,13H2,1H3,(H,14,15). The molecule has 1 unspecified atom stereocenters. The summed E-state index contributed by atoms with van der Waals surface area (Å²) in [6.45, 7) is 0.122. The summed E-state index contributed by atoms with van der Waals surface area (Å²) in [5, 5.41) is 3.10. The van der Waals surface area contributed by atoms with Crippen LogP contribution in [0.25, 0.3) is 0 Å². The van der Waals surface area contributed by atoms with Crippen LogP contribution in [-0.4, -0.2) is 25.7 Å². The van der Waals surface area contributed by atoms with Crippen LogP contribution in [0.2, 0.25) is 5.02 Å². The van der Waals surface area contributed by atoms with Gasteiger partial charge in [0.05, 0.1) is 10.7 Å². The number of amides is 1. The number of hydrogen-bond acceptors (Lipinski definition) is 3. The molecule has 1 rings (SSSR count). The summed E-state index contributed by atoms with van der Waals surface area (Å²) in [5.74, 6) is -0.311. The second-order valence-electron chi connectivity index (χ2n) is 3.07. The van der Waals surface area contributed by atoms with Crippen molar-refractivity contribution in [2.75, 3.05) is 19.0 Å². The molecule has 1 amide bonds. The highest BCUT2D eigenvalue weighted by Crippen LogP contribution is 2.25. The van der Waals surface area contributed by atoms with E-state index in [9.17, 15) is 4.79 Å². The zero-order chi connectivity index (χ0) is 12.1. The maximum absolute atomic E-state index is 11.6. The van der Waals surface area contributed by atoms with Gasteiger partial charge in [0, 0.05) is 18.1 Å². The largest absolute Gasteiger partial charge is 0.370 e. The maximum Gasteiger partial charge on any atom is 0.254 e. The normalized spacial score (nSPS) is 12.2. The molecule has 0 radical (unpaired) electrons. The van der Waals surface area contributed by atoms with Crippen molar-refractivity contribution in [1.82, 2.24) is 0 Å². The first-order valence-electron chi connectivity index (χ1n) is 4.57. The van der Waals surface area contributed by atoms with Gasteiger partial charge in [0.15, 0.2) is 0 Å². The number of carbonyl (C=O) groups excluding carboxylic acids is 1. The van der Waals surface area contributed by atoms with Crippen LogP contribution in [0.4, 0.5) is 5.69 Å². The minimum atomic E-state index is -0.667. The molecular weight excluding hydrogens is 295 g/mol. The van der Waals surface area contributed by atoms with E-state index in [0.717, 1.165) is 4.47 Å². The second kappa shape index (κ2) is 6.20. The smallest absolute Gasteiger partial charge is 0.254 e. The molecule has 0 heterocycles. The van der Waals surface area contributed by atoms with Crippen LogP contribution in [0.3, 0.4) is 0 Å². The molecule has 0 fully saturated rings. The Balaban J connectivity index is 2.76. The molecule has 0 spiro atoms. The maximum atomic E-state index is 11.6. The Labute approximate surface area is 107 Å². The predicted molar refractivity (Wildman–Crippen MR) is 67.6 cm³/mol. The van der Waals surface area contributed by atoms with E-state index in [-0.39, 0.29) is 12.5 Å². The van der Waals surface area contributed by atoms with Gasteiger partial charge in [-0.1, -0.05) is 27.5 Å². The van der Waals surface area contributed by atoms with E-state index in [2.05, 4.69) is 21.2 Å². The molecule has 1 aromatic rings. The average Bonchev–Trinajstić information content (AvgIpc) is 2.24. The summed E-state index contributed by atoms with van der Waals surface area (Å²) in [7, 11) is 1.43. The molecule has 4 nitrogen and oxygen atoms in total. The Morgan fingerprint density at radius 2 is 2.38 bits per heavy atom. The first-order valence-corrected chi connectivity index (χ1v) is 5.74. The number of anilines is 1. The van der Waals surface area contributed by atoms with Crippen LogP contribution in [0.5, 0.6) is 0 Å². The number of nitrogens with one attached hydrogen (secondary N) is 1. The number of methoxy groups -OCH3 is 1. The molecule has 1 atom stereocenters. The average molecular weight is 308 g/mol. The lowest BCUT2D eigenvalue weighted by Crippen LogP contribution is -2.35. The Kier molecular flexibility index (Phi) is 5.21. The van der Waals surface area contributed by atoms with Crippen molar-refractivity contribution < 1.29 is 9.53 Å². The fraction of sp³-hybridized carbons (Fsp3) is 0.300. The van der Waals surface area contributed by atoms with Crippen molar-refractivity contribution in [2.45, 2.75) is 6.10 Å².